The Morgan fingerprint density at radius 1 is 1.16 bits per heavy atom. The second kappa shape index (κ2) is 13.9. The standard InChI is InChI=1S/C21H28N8O2.C6H14O/c1-13-10-27(6-7-28(13)14(2)30)11-15-4-5-16(18(8-15)31-3)12-29-19-17(9-24-29)25-21(23)26-20(19)22;1-2-3-4-5-6-7/h4-5,8-9,13H,6-7,10-12H2,1-3H3,(H4,22,23,25,26);7H,2-6H2,1H3/t13-;/m0./s1. The molecule has 0 unspecified atom stereocenters. The van der Waals surface area contributed by atoms with Gasteiger partial charge in [-0.3, -0.25) is 14.4 Å². The molecule has 11 heteroatoms. The van der Waals surface area contributed by atoms with Gasteiger partial charge in [0.25, 0.3) is 0 Å². The van der Waals surface area contributed by atoms with Crippen molar-refractivity contribution in [1.82, 2.24) is 29.5 Å². The van der Waals surface area contributed by atoms with Crippen LogP contribution in [0.15, 0.2) is 24.4 Å². The fourth-order valence-corrected chi connectivity index (χ4v) is 4.79. The van der Waals surface area contributed by atoms with Crippen molar-refractivity contribution in [3.63, 3.8) is 0 Å². The number of nitrogen functional groups attached to an aromatic ring is 2. The molecule has 0 radical (unpaired) electrons. The topological polar surface area (TPSA) is 149 Å². The quantitative estimate of drug-likeness (QED) is 0.358. The highest BCUT2D eigenvalue weighted by Crippen LogP contribution is 2.25. The lowest BCUT2D eigenvalue weighted by atomic mass is 10.1. The highest BCUT2D eigenvalue weighted by atomic mass is 16.5. The van der Waals surface area contributed by atoms with Crippen LogP contribution in [-0.2, 0) is 17.9 Å². The summed E-state index contributed by atoms with van der Waals surface area (Å²) in [7, 11) is 1.66. The Morgan fingerprint density at radius 2 is 1.95 bits per heavy atom. The van der Waals surface area contributed by atoms with Gasteiger partial charge in [-0.15, -0.1) is 0 Å². The van der Waals surface area contributed by atoms with Crippen LogP contribution in [0.4, 0.5) is 11.8 Å². The number of carbonyl (C=O) groups excluding carboxylic acids is 1. The molecular weight excluding hydrogens is 484 g/mol. The Kier molecular flexibility index (Phi) is 10.7. The van der Waals surface area contributed by atoms with Gasteiger partial charge in [-0.1, -0.05) is 38.3 Å². The molecule has 0 aliphatic carbocycles. The lowest BCUT2D eigenvalue weighted by molar-refractivity contribution is -0.133. The molecule has 11 nitrogen and oxygen atoms in total. The van der Waals surface area contributed by atoms with Gasteiger partial charge in [0.15, 0.2) is 5.82 Å². The van der Waals surface area contributed by atoms with Crippen molar-refractivity contribution in [3.05, 3.63) is 35.5 Å². The zero-order valence-corrected chi connectivity index (χ0v) is 23.1. The number of hydrogen-bond acceptors (Lipinski definition) is 9. The fourth-order valence-electron chi connectivity index (χ4n) is 4.79. The summed E-state index contributed by atoms with van der Waals surface area (Å²) < 4.78 is 7.41. The van der Waals surface area contributed by atoms with Gasteiger partial charge in [0.1, 0.15) is 16.8 Å². The van der Waals surface area contributed by atoms with Crippen molar-refractivity contribution >= 4 is 28.7 Å². The third-order valence-corrected chi connectivity index (χ3v) is 6.74. The predicted octanol–water partition coefficient (Wildman–Crippen LogP) is 2.66. The number of aliphatic hydroxyl groups excluding tert-OH is 1. The summed E-state index contributed by atoms with van der Waals surface area (Å²) >= 11 is 0. The van der Waals surface area contributed by atoms with Gasteiger partial charge < -0.3 is 26.2 Å². The maximum absolute atomic E-state index is 11.7. The van der Waals surface area contributed by atoms with Crippen LogP contribution in [0, 0.1) is 0 Å². The van der Waals surface area contributed by atoms with Gasteiger partial charge in [-0.05, 0) is 25.0 Å². The first-order valence-corrected chi connectivity index (χ1v) is 13.3. The normalized spacial score (nSPS) is 15.8. The van der Waals surface area contributed by atoms with Crippen LogP contribution in [0.2, 0.25) is 0 Å². The number of aromatic nitrogens is 4. The average Bonchev–Trinajstić information content (AvgIpc) is 3.28. The minimum Gasteiger partial charge on any atom is -0.496 e. The number of aliphatic hydroxyl groups is 1. The summed E-state index contributed by atoms with van der Waals surface area (Å²) in [5.74, 6) is 1.35. The van der Waals surface area contributed by atoms with Crippen LogP contribution < -0.4 is 16.2 Å². The minimum atomic E-state index is 0.130. The van der Waals surface area contributed by atoms with Crippen molar-refractivity contribution in [1.29, 1.82) is 0 Å². The number of unbranched alkanes of at least 4 members (excludes halogenated alkanes) is 3. The van der Waals surface area contributed by atoms with E-state index in [1.807, 2.05) is 11.0 Å². The maximum atomic E-state index is 11.7. The van der Waals surface area contributed by atoms with Gasteiger partial charge in [0, 0.05) is 51.3 Å². The van der Waals surface area contributed by atoms with E-state index in [2.05, 4.69) is 45.9 Å². The molecule has 1 saturated heterocycles. The number of hydrogen-bond donors (Lipinski definition) is 3. The number of carbonyl (C=O) groups is 1. The summed E-state index contributed by atoms with van der Waals surface area (Å²) in [5, 5.41) is 12.7. The molecule has 1 amide bonds. The largest absolute Gasteiger partial charge is 0.496 e. The number of amides is 1. The number of benzene rings is 1. The van der Waals surface area contributed by atoms with Crippen LogP contribution in [0.5, 0.6) is 5.75 Å². The molecule has 38 heavy (non-hydrogen) atoms. The number of methoxy groups -OCH3 is 1. The first-order valence-electron chi connectivity index (χ1n) is 13.3. The molecule has 0 saturated carbocycles. The smallest absolute Gasteiger partial charge is 0.222 e. The van der Waals surface area contributed by atoms with Crippen molar-refractivity contribution in [2.24, 2.45) is 0 Å². The number of anilines is 2. The van der Waals surface area contributed by atoms with Gasteiger partial charge in [0.05, 0.1) is 19.9 Å². The molecule has 2 aromatic heterocycles. The van der Waals surface area contributed by atoms with E-state index < -0.39 is 0 Å². The molecular formula is C27H42N8O3. The van der Waals surface area contributed by atoms with E-state index in [4.69, 9.17) is 21.3 Å². The van der Waals surface area contributed by atoms with E-state index in [0.717, 1.165) is 49.5 Å². The average molecular weight is 527 g/mol. The Labute approximate surface area is 224 Å². The lowest BCUT2D eigenvalue weighted by Crippen LogP contribution is -2.52. The Balaban J connectivity index is 0.000000505. The molecule has 1 aliphatic rings. The molecule has 0 bridgehead atoms. The van der Waals surface area contributed by atoms with Crippen LogP contribution >= 0.6 is 0 Å². The number of piperazine rings is 1. The molecule has 4 rings (SSSR count). The van der Waals surface area contributed by atoms with Crippen LogP contribution in [0.3, 0.4) is 0 Å². The highest BCUT2D eigenvalue weighted by molar-refractivity contribution is 5.85. The van der Waals surface area contributed by atoms with Crippen LogP contribution in [0.1, 0.15) is 57.6 Å². The molecule has 3 aromatic rings. The van der Waals surface area contributed by atoms with Crippen molar-refractivity contribution in [3.8, 4) is 5.75 Å². The van der Waals surface area contributed by atoms with Crippen molar-refractivity contribution < 1.29 is 14.6 Å². The zero-order chi connectivity index (χ0) is 27.7. The number of nitrogens with zero attached hydrogens (tertiary/aromatic N) is 6. The van der Waals surface area contributed by atoms with Gasteiger partial charge in [-0.25, -0.2) is 4.98 Å². The Hall–Kier alpha value is -3.44. The molecule has 1 aromatic carbocycles. The lowest BCUT2D eigenvalue weighted by Gasteiger charge is -2.39. The van der Waals surface area contributed by atoms with Gasteiger partial charge in [-0.2, -0.15) is 10.1 Å². The SMILES string of the molecule is CCCCCCO.COc1cc(CN2CCN(C(C)=O)[C@@H](C)C2)ccc1Cn1ncc2nc(N)nc(N)c21. The van der Waals surface area contributed by atoms with Gasteiger partial charge in [0.2, 0.25) is 11.9 Å². The number of ether oxygens (including phenoxy) is 1. The third-order valence-electron chi connectivity index (χ3n) is 6.74. The van der Waals surface area contributed by atoms with E-state index in [1.54, 1.807) is 24.9 Å². The first-order chi connectivity index (χ1) is 18.3. The second-order valence-electron chi connectivity index (χ2n) is 9.73. The van der Waals surface area contributed by atoms with E-state index in [1.165, 1.54) is 19.3 Å². The molecule has 3 heterocycles. The van der Waals surface area contributed by atoms with Crippen molar-refractivity contribution in [2.45, 2.75) is 65.6 Å². The van der Waals surface area contributed by atoms with Crippen LogP contribution in [-0.4, -0.2) is 80.0 Å². The summed E-state index contributed by atoms with van der Waals surface area (Å²) in [4.78, 5) is 24.2. The van der Waals surface area contributed by atoms with Crippen LogP contribution in [0.25, 0.3) is 11.0 Å². The number of rotatable bonds is 9. The Morgan fingerprint density at radius 3 is 2.61 bits per heavy atom. The fraction of sp³-hybridized carbons (Fsp3) is 0.556. The Bertz CT molecular complexity index is 1190. The molecule has 1 atom stereocenters. The summed E-state index contributed by atoms with van der Waals surface area (Å²) in [5.41, 5.74) is 15.1. The second-order valence-corrected chi connectivity index (χ2v) is 9.73. The van der Waals surface area contributed by atoms with E-state index in [9.17, 15) is 4.79 Å². The third kappa shape index (κ3) is 7.55. The summed E-state index contributed by atoms with van der Waals surface area (Å²) in [6.07, 6.45) is 6.31. The molecule has 1 fully saturated rings. The predicted molar refractivity (Wildman–Crippen MR) is 150 cm³/mol. The highest BCUT2D eigenvalue weighted by Gasteiger charge is 2.25. The minimum absolute atomic E-state index is 0.130. The molecule has 1 aliphatic heterocycles. The first kappa shape index (κ1) is 29.1. The molecule has 208 valence electrons. The number of nitrogens with two attached hydrogens (primary N) is 2. The van der Waals surface area contributed by atoms with Crippen molar-refractivity contribution in [2.75, 3.05) is 44.8 Å². The maximum Gasteiger partial charge on any atom is 0.222 e. The summed E-state index contributed by atoms with van der Waals surface area (Å²) in [6.45, 7) is 9.99. The molecule has 5 N–H and O–H groups in total. The monoisotopic (exact) mass is 526 g/mol. The summed E-state index contributed by atoms with van der Waals surface area (Å²) in [6, 6.07) is 6.41. The molecule has 0 spiro atoms. The number of fused-ring (bicyclic) bond motifs is 1. The zero-order valence-electron chi connectivity index (χ0n) is 23.1. The van der Waals surface area contributed by atoms with Gasteiger partial charge >= 0.3 is 0 Å². The van der Waals surface area contributed by atoms with E-state index >= 15 is 0 Å². The van der Waals surface area contributed by atoms with E-state index in [0.29, 0.717) is 30.0 Å². The van der Waals surface area contributed by atoms with E-state index in [-0.39, 0.29) is 17.9 Å².